The lowest BCUT2D eigenvalue weighted by atomic mass is 10.4. The first-order chi connectivity index (χ1) is 6.34. The molecule has 0 spiro atoms. The van der Waals surface area contributed by atoms with Gasteiger partial charge in [-0.2, -0.15) is 0 Å². The highest BCUT2D eigenvalue weighted by Crippen LogP contribution is 2.28. The average Bonchev–Trinajstić information content (AvgIpc) is 2.92. The minimum atomic E-state index is 0.422. The summed E-state index contributed by atoms with van der Waals surface area (Å²) in [5.74, 6) is 0.792. The van der Waals surface area contributed by atoms with Gasteiger partial charge in [-0.25, -0.2) is 4.98 Å². The maximum atomic E-state index is 5.59. The van der Waals surface area contributed by atoms with Gasteiger partial charge in [0.25, 0.3) is 0 Å². The number of rotatable bonds is 4. The number of hydrogen-bond donors (Lipinski definition) is 0. The molecule has 0 saturated heterocycles. The van der Waals surface area contributed by atoms with Gasteiger partial charge in [-0.15, -0.1) is 0 Å². The molecule has 0 aliphatic heterocycles. The second-order valence-corrected chi connectivity index (χ2v) is 3.68. The number of aromatic nitrogens is 2. The first-order valence-electron chi connectivity index (χ1n) is 4.39. The summed E-state index contributed by atoms with van der Waals surface area (Å²) in [7, 11) is 0. The Balaban J connectivity index is 1.76. The van der Waals surface area contributed by atoms with E-state index in [0.29, 0.717) is 11.8 Å². The van der Waals surface area contributed by atoms with Gasteiger partial charge in [-0.1, -0.05) is 11.6 Å². The Bertz CT molecular complexity index is 271. The van der Waals surface area contributed by atoms with Crippen LogP contribution in [0.5, 0.6) is 0 Å². The SMILES string of the molecule is Clc1cnc(COCC2CC2)cn1. The van der Waals surface area contributed by atoms with Gasteiger partial charge in [0.05, 0.1) is 24.7 Å². The Morgan fingerprint density at radius 3 is 2.85 bits per heavy atom. The highest BCUT2D eigenvalue weighted by Gasteiger charge is 2.21. The fourth-order valence-corrected chi connectivity index (χ4v) is 1.13. The van der Waals surface area contributed by atoms with Crippen molar-refractivity contribution < 1.29 is 4.74 Å². The summed E-state index contributed by atoms with van der Waals surface area (Å²) < 4.78 is 5.44. The Morgan fingerprint density at radius 1 is 1.38 bits per heavy atom. The van der Waals surface area contributed by atoms with Gasteiger partial charge >= 0.3 is 0 Å². The largest absolute Gasteiger partial charge is 0.375 e. The third-order valence-electron chi connectivity index (χ3n) is 1.97. The Kier molecular flexibility index (Phi) is 2.76. The lowest BCUT2D eigenvalue weighted by Crippen LogP contribution is -1.99. The lowest BCUT2D eigenvalue weighted by Gasteiger charge is -2.01. The van der Waals surface area contributed by atoms with Crippen LogP contribution in [0.3, 0.4) is 0 Å². The normalized spacial score (nSPS) is 16.1. The van der Waals surface area contributed by atoms with Crippen molar-refractivity contribution in [1.82, 2.24) is 9.97 Å². The van der Waals surface area contributed by atoms with Crippen LogP contribution in [0, 0.1) is 5.92 Å². The quantitative estimate of drug-likeness (QED) is 0.743. The van der Waals surface area contributed by atoms with Crippen LogP contribution in [0.25, 0.3) is 0 Å². The molecule has 1 heterocycles. The minimum Gasteiger partial charge on any atom is -0.375 e. The fraction of sp³-hybridized carbons (Fsp3) is 0.556. The number of halogens is 1. The zero-order chi connectivity index (χ0) is 9.10. The van der Waals surface area contributed by atoms with E-state index in [1.54, 1.807) is 6.20 Å². The van der Waals surface area contributed by atoms with Crippen LogP contribution < -0.4 is 0 Å². The van der Waals surface area contributed by atoms with Crippen molar-refractivity contribution in [3.63, 3.8) is 0 Å². The van der Waals surface area contributed by atoms with Crippen molar-refractivity contribution in [1.29, 1.82) is 0 Å². The molecule has 2 rings (SSSR count). The standard InChI is InChI=1S/C9H11ClN2O/c10-9-4-11-8(3-12-9)6-13-5-7-1-2-7/h3-4,7H,1-2,5-6H2. The summed E-state index contributed by atoms with van der Waals surface area (Å²) in [5.41, 5.74) is 0.838. The van der Waals surface area contributed by atoms with Gasteiger partial charge in [-0.05, 0) is 18.8 Å². The van der Waals surface area contributed by atoms with E-state index < -0.39 is 0 Å². The highest BCUT2D eigenvalue weighted by molar-refractivity contribution is 6.29. The maximum absolute atomic E-state index is 5.59. The van der Waals surface area contributed by atoms with E-state index in [2.05, 4.69) is 9.97 Å². The van der Waals surface area contributed by atoms with E-state index in [-0.39, 0.29) is 0 Å². The molecule has 1 aromatic rings. The summed E-state index contributed by atoms with van der Waals surface area (Å²) in [4.78, 5) is 7.99. The van der Waals surface area contributed by atoms with Gasteiger partial charge in [0.1, 0.15) is 5.15 Å². The van der Waals surface area contributed by atoms with Crippen molar-refractivity contribution in [3.8, 4) is 0 Å². The zero-order valence-electron chi connectivity index (χ0n) is 7.24. The van der Waals surface area contributed by atoms with Gasteiger partial charge < -0.3 is 4.74 Å². The highest BCUT2D eigenvalue weighted by atomic mass is 35.5. The second kappa shape index (κ2) is 4.03. The zero-order valence-corrected chi connectivity index (χ0v) is 8.00. The molecule has 1 fully saturated rings. The Labute approximate surface area is 82.1 Å². The van der Waals surface area contributed by atoms with Crippen LogP contribution in [-0.2, 0) is 11.3 Å². The molecule has 1 saturated carbocycles. The third kappa shape index (κ3) is 2.94. The second-order valence-electron chi connectivity index (χ2n) is 3.29. The van der Waals surface area contributed by atoms with E-state index in [1.165, 1.54) is 19.0 Å². The third-order valence-corrected chi connectivity index (χ3v) is 2.17. The molecule has 0 N–H and O–H groups in total. The molecule has 0 amide bonds. The summed E-state index contributed by atoms with van der Waals surface area (Å²) in [6, 6.07) is 0. The summed E-state index contributed by atoms with van der Waals surface area (Å²) in [5, 5.41) is 0.422. The molecule has 1 aromatic heterocycles. The van der Waals surface area contributed by atoms with Crippen LogP contribution in [0.15, 0.2) is 12.4 Å². The van der Waals surface area contributed by atoms with E-state index >= 15 is 0 Å². The molecule has 70 valence electrons. The van der Waals surface area contributed by atoms with Crippen LogP contribution in [0.2, 0.25) is 5.15 Å². The molecular weight excluding hydrogens is 188 g/mol. The molecule has 13 heavy (non-hydrogen) atoms. The molecule has 1 aliphatic rings. The molecular formula is C9H11ClN2O. The van der Waals surface area contributed by atoms with Crippen molar-refractivity contribution in [2.75, 3.05) is 6.61 Å². The molecule has 3 nitrogen and oxygen atoms in total. The maximum Gasteiger partial charge on any atom is 0.147 e. The summed E-state index contributed by atoms with van der Waals surface area (Å²) in [6.07, 6.45) is 5.81. The molecule has 1 aliphatic carbocycles. The lowest BCUT2D eigenvalue weighted by molar-refractivity contribution is 0.108. The minimum absolute atomic E-state index is 0.422. The smallest absolute Gasteiger partial charge is 0.147 e. The molecule has 0 atom stereocenters. The van der Waals surface area contributed by atoms with Crippen molar-refractivity contribution in [2.24, 2.45) is 5.92 Å². The molecule has 0 unspecified atom stereocenters. The molecule has 0 radical (unpaired) electrons. The first kappa shape index (κ1) is 8.91. The van der Waals surface area contributed by atoms with Crippen LogP contribution in [0.4, 0.5) is 0 Å². The van der Waals surface area contributed by atoms with E-state index in [1.807, 2.05) is 0 Å². The van der Waals surface area contributed by atoms with E-state index in [9.17, 15) is 0 Å². The predicted molar refractivity (Wildman–Crippen MR) is 49.4 cm³/mol. The van der Waals surface area contributed by atoms with Gasteiger partial charge in [-0.3, -0.25) is 4.98 Å². The van der Waals surface area contributed by atoms with Crippen LogP contribution in [0.1, 0.15) is 18.5 Å². The topological polar surface area (TPSA) is 35.0 Å². The molecule has 0 bridgehead atoms. The first-order valence-corrected chi connectivity index (χ1v) is 4.76. The Hall–Kier alpha value is -0.670. The van der Waals surface area contributed by atoms with Gasteiger partial charge in [0.15, 0.2) is 0 Å². The summed E-state index contributed by atoms with van der Waals surface area (Å²) in [6.45, 7) is 1.39. The van der Waals surface area contributed by atoms with Crippen LogP contribution >= 0.6 is 11.6 Å². The predicted octanol–water partition coefficient (Wildman–Crippen LogP) is 2.06. The number of nitrogens with zero attached hydrogens (tertiary/aromatic N) is 2. The number of hydrogen-bond acceptors (Lipinski definition) is 3. The fourth-order valence-electron chi connectivity index (χ4n) is 1.03. The summed E-state index contributed by atoms with van der Waals surface area (Å²) >= 11 is 5.59. The van der Waals surface area contributed by atoms with Crippen molar-refractivity contribution in [3.05, 3.63) is 23.2 Å². The van der Waals surface area contributed by atoms with Gasteiger partial charge in [0.2, 0.25) is 0 Å². The van der Waals surface area contributed by atoms with E-state index in [4.69, 9.17) is 16.3 Å². The van der Waals surface area contributed by atoms with Crippen LogP contribution in [-0.4, -0.2) is 16.6 Å². The van der Waals surface area contributed by atoms with E-state index in [0.717, 1.165) is 18.2 Å². The van der Waals surface area contributed by atoms with Crippen molar-refractivity contribution >= 4 is 11.6 Å². The average molecular weight is 199 g/mol. The number of ether oxygens (including phenoxy) is 1. The van der Waals surface area contributed by atoms with Gasteiger partial charge in [0, 0.05) is 6.61 Å². The molecule has 0 aromatic carbocycles. The van der Waals surface area contributed by atoms with Crippen molar-refractivity contribution in [2.45, 2.75) is 19.4 Å². The Morgan fingerprint density at radius 2 is 2.23 bits per heavy atom. The monoisotopic (exact) mass is 198 g/mol. The molecule has 4 heteroatoms.